The van der Waals surface area contributed by atoms with Gasteiger partial charge in [-0.1, -0.05) is 12.8 Å². The van der Waals surface area contributed by atoms with Crippen LogP contribution in [0.25, 0.3) is 0 Å². The van der Waals surface area contributed by atoms with Crippen molar-refractivity contribution in [2.24, 2.45) is 0 Å². The quantitative estimate of drug-likeness (QED) is 0.218. The number of nitrogens with zero attached hydrogens (tertiary/aromatic N) is 1. The molecule has 3 N–H and O–H groups in total. The Bertz CT molecular complexity index is 785. The number of nitrogens with one attached hydrogen (secondary N) is 3. The molecule has 0 spiro atoms. The van der Waals surface area contributed by atoms with Crippen LogP contribution in [-0.2, 0) is 19.2 Å². The van der Waals surface area contributed by atoms with Crippen molar-refractivity contribution in [2.75, 3.05) is 51.3 Å². The maximum absolute atomic E-state index is 12.7. The monoisotopic (exact) mass is 580 g/mol. The van der Waals surface area contributed by atoms with Gasteiger partial charge in [0.2, 0.25) is 11.7 Å². The number of Topliss-reactive ketones (excluding diaryl/α,β-unsaturated/α-hetero) is 1. The Balaban J connectivity index is 0.000000905. The number of thioether (sulfide) groups is 1. The predicted molar refractivity (Wildman–Crippen MR) is 124 cm³/mol. The molecule has 0 unspecified atom stereocenters. The first kappa shape index (κ1) is 34.0. The molecule has 16 heteroatoms. The fourth-order valence-corrected chi connectivity index (χ4v) is 4.73. The Morgan fingerprint density at radius 3 is 2.08 bits per heavy atom. The van der Waals surface area contributed by atoms with E-state index < -0.39 is 35.9 Å². The third kappa shape index (κ3) is 14.2. The van der Waals surface area contributed by atoms with Gasteiger partial charge in [-0.15, -0.1) is 0 Å². The molecule has 2 fully saturated rings. The summed E-state index contributed by atoms with van der Waals surface area (Å²) in [7, 11) is 2.04. The van der Waals surface area contributed by atoms with Crippen LogP contribution in [0.3, 0.4) is 0 Å². The molecule has 1 atom stereocenters. The van der Waals surface area contributed by atoms with Gasteiger partial charge in [0.1, 0.15) is 12.0 Å². The molecule has 2 aliphatic rings. The molecule has 1 saturated heterocycles. The van der Waals surface area contributed by atoms with Crippen LogP contribution in [0.2, 0.25) is 0 Å². The molecule has 1 aliphatic carbocycles. The smallest absolute Gasteiger partial charge is 0.450 e. The molecule has 0 bridgehead atoms. The zero-order valence-electron chi connectivity index (χ0n) is 21.0. The Morgan fingerprint density at radius 1 is 1.03 bits per heavy atom. The van der Waals surface area contributed by atoms with Crippen molar-refractivity contribution in [1.29, 1.82) is 0 Å². The zero-order chi connectivity index (χ0) is 28.9. The van der Waals surface area contributed by atoms with Crippen molar-refractivity contribution < 1.29 is 55.5 Å². The summed E-state index contributed by atoms with van der Waals surface area (Å²) >= 11 is 0.900. The summed E-state index contributed by atoms with van der Waals surface area (Å²) in [6, 6.07) is -0.590. The second-order valence-electron chi connectivity index (χ2n) is 9.24. The topological polar surface area (TPSA) is 123 Å². The number of aliphatic carboxylic acids is 1. The van der Waals surface area contributed by atoms with Crippen molar-refractivity contribution in [1.82, 2.24) is 15.5 Å². The number of hydrogen-bond acceptors (Lipinski definition) is 7. The summed E-state index contributed by atoms with van der Waals surface area (Å²) in [6.07, 6.45) is -5.26. The van der Waals surface area contributed by atoms with E-state index in [1.54, 1.807) is 0 Å². The number of halogens is 6. The third-order valence-corrected chi connectivity index (χ3v) is 7.06. The molecular formula is C22H34F6N4O5S. The molecular weight excluding hydrogens is 546 g/mol. The van der Waals surface area contributed by atoms with Crippen molar-refractivity contribution in [3.63, 3.8) is 0 Å². The predicted octanol–water partition coefficient (Wildman–Crippen LogP) is -0.696. The van der Waals surface area contributed by atoms with Gasteiger partial charge in [0, 0.05) is 19.1 Å². The summed E-state index contributed by atoms with van der Waals surface area (Å²) in [5, 5.41) is 14.6. The fourth-order valence-electron chi connectivity index (χ4n) is 3.86. The number of carboxylic acids is 1. The number of ketones is 1. The average molecular weight is 581 g/mol. The van der Waals surface area contributed by atoms with E-state index >= 15 is 0 Å². The maximum atomic E-state index is 12.7. The van der Waals surface area contributed by atoms with Gasteiger partial charge >= 0.3 is 12.4 Å². The zero-order valence-corrected chi connectivity index (χ0v) is 21.8. The summed E-state index contributed by atoms with van der Waals surface area (Å²) < 4.78 is 68.4. The molecule has 0 radical (unpaired) electrons. The normalized spacial score (nSPS) is 18.3. The number of piperazine rings is 1. The largest absolute Gasteiger partial charge is 0.542 e. The van der Waals surface area contributed by atoms with Gasteiger partial charge in [0.05, 0.1) is 18.8 Å². The molecule has 0 aromatic carbocycles. The van der Waals surface area contributed by atoms with E-state index in [0.29, 0.717) is 25.1 Å². The number of carbonyl (C=O) groups excluding carboxylic acids is 4. The lowest BCUT2D eigenvalue weighted by atomic mass is 10.1. The summed E-state index contributed by atoms with van der Waals surface area (Å²) in [4.78, 5) is 48.4. The minimum Gasteiger partial charge on any atom is -0.542 e. The lowest BCUT2D eigenvalue weighted by Crippen LogP contribution is -3.15. The van der Waals surface area contributed by atoms with Crippen LogP contribution in [0.1, 0.15) is 38.5 Å². The molecule has 38 heavy (non-hydrogen) atoms. The first-order valence-electron chi connectivity index (χ1n) is 12.2. The minimum atomic E-state index is -5.19. The van der Waals surface area contributed by atoms with E-state index in [-0.39, 0.29) is 17.9 Å². The number of alkyl halides is 6. The molecule has 2 amide bonds. The Labute approximate surface area is 221 Å². The number of hydrogen-bond donors (Lipinski definition) is 3. The lowest BCUT2D eigenvalue weighted by Gasteiger charge is -2.29. The van der Waals surface area contributed by atoms with Gasteiger partial charge in [0.25, 0.3) is 5.91 Å². The van der Waals surface area contributed by atoms with Crippen LogP contribution in [0, 0.1) is 0 Å². The van der Waals surface area contributed by atoms with Crippen LogP contribution in [0.5, 0.6) is 0 Å². The first-order valence-corrected chi connectivity index (χ1v) is 13.3. The van der Waals surface area contributed by atoms with Crippen molar-refractivity contribution in [2.45, 2.75) is 63.0 Å². The van der Waals surface area contributed by atoms with Gasteiger partial charge < -0.3 is 25.4 Å². The van der Waals surface area contributed by atoms with Gasteiger partial charge in [-0.05, 0) is 38.5 Å². The number of likely N-dealkylation sites (N-methyl/N-ethyl adjacent to an activating group) is 1. The van der Waals surface area contributed by atoms with Gasteiger partial charge in [-0.2, -0.15) is 38.1 Å². The standard InChI is InChI=1S/C20H33F3N4O3S.C2HF3O2/c1-26-8-10-27(11-9-26)13-18(29)25-16(19(30)24-15-5-2-3-6-15)7-4-12-31-14-17(28)20(21,22)23;3-2(4,5)1(6)7/h15-16H,2-14H2,1H3,(H,24,30)(H,25,29);(H,6,7)/t16-;/m0./s1. The van der Waals surface area contributed by atoms with Crippen molar-refractivity contribution in [3.05, 3.63) is 0 Å². The summed E-state index contributed by atoms with van der Waals surface area (Å²) in [6.45, 7) is 3.87. The van der Waals surface area contributed by atoms with Crippen molar-refractivity contribution in [3.8, 4) is 0 Å². The highest BCUT2D eigenvalue weighted by molar-refractivity contribution is 7.99. The Hall–Kier alpha value is -2.07. The highest BCUT2D eigenvalue weighted by Gasteiger charge is 2.37. The molecule has 220 valence electrons. The van der Waals surface area contributed by atoms with Crippen LogP contribution < -0.4 is 20.6 Å². The van der Waals surface area contributed by atoms with E-state index in [1.165, 1.54) is 4.90 Å². The molecule has 0 aromatic rings. The van der Waals surface area contributed by atoms with Gasteiger partial charge in [-0.25, -0.2) is 0 Å². The number of quaternary nitrogens is 1. The summed E-state index contributed by atoms with van der Waals surface area (Å²) in [5.74, 6) is -5.49. The Kier molecular flexibility index (Phi) is 14.4. The fraction of sp³-hybridized carbons (Fsp3) is 0.818. The van der Waals surface area contributed by atoms with E-state index in [2.05, 4.69) is 15.5 Å². The van der Waals surface area contributed by atoms with E-state index in [0.717, 1.165) is 63.6 Å². The number of carboxylic acid groups (broad SMARTS) is 1. The molecule has 0 aromatic heterocycles. The highest BCUT2D eigenvalue weighted by atomic mass is 32.2. The second-order valence-corrected chi connectivity index (χ2v) is 10.3. The molecule has 9 nitrogen and oxygen atoms in total. The number of amides is 2. The molecule has 1 saturated carbocycles. The van der Waals surface area contributed by atoms with Crippen LogP contribution in [-0.4, -0.2) is 104 Å². The third-order valence-electron chi connectivity index (χ3n) is 6.02. The number of carbonyl (C=O) groups is 4. The van der Waals surface area contributed by atoms with Crippen molar-refractivity contribution >= 4 is 35.3 Å². The molecule has 1 aliphatic heterocycles. The minimum absolute atomic E-state index is 0.119. The molecule has 2 rings (SSSR count). The van der Waals surface area contributed by atoms with E-state index in [4.69, 9.17) is 9.90 Å². The summed E-state index contributed by atoms with van der Waals surface area (Å²) in [5.41, 5.74) is 0. The first-order chi connectivity index (χ1) is 17.6. The SMILES string of the molecule is CN1CC[NH+](CC(=O)N[C@@H](CCCSCC(=O)C(F)(F)F)C(=O)NC2CCCC2)CC1.O=C([O-])C(F)(F)F. The van der Waals surface area contributed by atoms with E-state index in [9.17, 15) is 40.7 Å². The van der Waals surface area contributed by atoms with E-state index in [1.807, 2.05) is 7.05 Å². The van der Waals surface area contributed by atoms with Crippen LogP contribution in [0.15, 0.2) is 0 Å². The highest BCUT2D eigenvalue weighted by Crippen LogP contribution is 2.20. The average Bonchev–Trinajstić information content (AvgIpc) is 3.31. The lowest BCUT2D eigenvalue weighted by molar-refractivity contribution is -0.896. The van der Waals surface area contributed by atoms with Crippen LogP contribution in [0.4, 0.5) is 26.3 Å². The number of rotatable bonds is 11. The molecule has 1 heterocycles. The van der Waals surface area contributed by atoms with Gasteiger partial charge in [-0.3, -0.25) is 19.3 Å². The van der Waals surface area contributed by atoms with Gasteiger partial charge in [0.15, 0.2) is 6.54 Å². The Morgan fingerprint density at radius 2 is 1.58 bits per heavy atom. The maximum Gasteiger partial charge on any atom is 0.450 e. The van der Waals surface area contributed by atoms with Crippen LogP contribution >= 0.6 is 11.8 Å². The second kappa shape index (κ2) is 16.1.